The molecule has 3 aromatic carbocycles. The molecule has 6 nitrogen and oxygen atoms in total. The van der Waals surface area contributed by atoms with E-state index in [0.29, 0.717) is 29.2 Å². The van der Waals surface area contributed by atoms with Crippen molar-refractivity contribution in [1.29, 1.82) is 0 Å². The molecule has 1 fully saturated rings. The van der Waals surface area contributed by atoms with Crippen molar-refractivity contribution >= 4 is 11.0 Å². The lowest BCUT2D eigenvalue weighted by atomic mass is 10.0. The van der Waals surface area contributed by atoms with Crippen LogP contribution in [-0.2, 0) is 6.54 Å². The zero-order valence-electron chi connectivity index (χ0n) is 23.2. The number of hydrogen-bond acceptors (Lipinski definition) is 6. The molecule has 0 aliphatic carbocycles. The highest BCUT2D eigenvalue weighted by atomic mass is 16.5. The van der Waals surface area contributed by atoms with E-state index in [1.165, 1.54) is 30.2 Å². The topological polar surface area (TPSA) is 55.2 Å². The minimum atomic E-state index is -0.0560. The largest absolute Gasteiger partial charge is 0.497 e. The summed E-state index contributed by atoms with van der Waals surface area (Å²) in [5.74, 6) is 1.46. The molecular weight excluding hydrogens is 488 g/mol. The highest BCUT2D eigenvalue weighted by Gasteiger charge is 2.22. The molecule has 39 heavy (non-hydrogen) atoms. The minimum Gasteiger partial charge on any atom is -0.497 e. The van der Waals surface area contributed by atoms with E-state index in [1.54, 1.807) is 13.2 Å². The molecule has 0 atom stereocenters. The monoisotopic (exact) mass is 526 g/mol. The van der Waals surface area contributed by atoms with Crippen LogP contribution in [0.15, 0.2) is 82.2 Å². The Balaban J connectivity index is 1.08. The Kier molecular flexibility index (Phi) is 8.64. The summed E-state index contributed by atoms with van der Waals surface area (Å²) in [6, 6.07) is 22.3. The second-order valence-corrected chi connectivity index (χ2v) is 10.5. The van der Waals surface area contributed by atoms with Gasteiger partial charge in [-0.05, 0) is 81.7 Å². The SMILES string of the molecule is COc1ccc(-c2coc3cc(OCCCN(C)C4CCN(Cc5cccc(C)c5)CC4)ccc3c2=O)cc1. The molecule has 0 saturated carbocycles. The average molecular weight is 527 g/mol. The van der Waals surface area contributed by atoms with Crippen molar-refractivity contribution in [2.45, 2.75) is 38.8 Å². The summed E-state index contributed by atoms with van der Waals surface area (Å²) >= 11 is 0. The predicted octanol–water partition coefficient (Wildman–Crippen LogP) is 6.14. The molecule has 0 bridgehead atoms. The lowest BCUT2D eigenvalue weighted by Crippen LogP contribution is -2.43. The molecule has 0 unspecified atom stereocenters. The number of nitrogens with zero attached hydrogens (tertiary/aromatic N) is 2. The summed E-state index contributed by atoms with van der Waals surface area (Å²) in [4.78, 5) is 18.1. The molecule has 1 saturated heterocycles. The second-order valence-electron chi connectivity index (χ2n) is 10.5. The molecule has 1 aliphatic rings. The molecule has 4 aromatic rings. The first-order chi connectivity index (χ1) is 19.0. The fraction of sp³-hybridized carbons (Fsp3) is 0.364. The summed E-state index contributed by atoms with van der Waals surface area (Å²) in [7, 11) is 3.85. The Labute approximate surface area is 230 Å². The van der Waals surface area contributed by atoms with Crippen LogP contribution in [0.4, 0.5) is 0 Å². The Bertz CT molecular complexity index is 1440. The number of rotatable bonds is 10. The Morgan fingerprint density at radius 1 is 1.00 bits per heavy atom. The minimum absolute atomic E-state index is 0.0560. The van der Waals surface area contributed by atoms with Gasteiger partial charge in [0.25, 0.3) is 0 Å². The van der Waals surface area contributed by atoms with E-state index >= 15 is 0 Å². The molecule has 5 rings (SSSR count). The summed E-state index contributed by atoms with van der Waals surface area (Å²) in [5, 5.41) is 0.546. The van der Waals surface area contributed by atoms with Gasteiger partial charge in [0.15, 0.2) is 5.43 Å². The van der Waals surface area contributed by atoms with Crippen LogP contribution in [-0.4, -0.2) is 56.2 Å². The predicted molar refractivity (Wildman–Crippen MR) is 157 cm³/mol. The Morgan fingerprint density at radius 3 is 2.51 bits per heavy atom. The molecule has 0 radical (unpaired) electrons. The van der Waals surface area contributed by atoms with E-state index in [4.69, 9.17) is 13.9 Å². The van der Waals surface area contributed by atoms with Crippen LogP contribution in [0.3, 0.4) is 0 Å². The summed E-state index contributed by atoms with van der Waals surface area (Å²) in [5.41, 5.74) is 4.54. The van der Waals surface area contributed by atoms with Crippen LogP contribution in [0.25, 0.3) is 22.1 Å². The van der Waals surface area contributed by atoms with Crippen molar-refractivity contribution in [3.05, 3.63) is 94.3 Å². The van der Waals surface area contributed by atoms with Crippen LogP contribution in [0.2, 0.25) is 0 Å². The molecule has 204 valence electrons. The molecule has 1 aliphatic heterocycles. The fourth-order valence-corrected chi connectivity index (χ4v) is 5.44. The maximum atomic E-state index is 13.1. The molecule has 0 amide bonds. The summed E-state index contributed by atoms with van der Waals surface area (Å²) < 4.78 is 17.0. The zero-order valence-corrected chi connectivity index (χ0v) is 23.2. The van der Waals surface area contributed by atoms with Gasteiger partial charge < -0.3 is 18.8 Å². The number of aryl methyl sites for hydroxylation is 1. The van der Waals surface area contributed by atoms with Crippen LogP contribution in [0.1, 0.15) is 30.4 Å². The van der Waals surface area contributed by atoms with E-state index in [2.05, 4.69) is 48.0 Å². The second kappa shape index (κ2) is 12.5. The number of fused-ring (bicyclic) bond motifs is 1. The number of ether oxygens (including phenoxy) is 2. The summed E-state index contributed by atoms with van der Waals surface area (Å²) in [6.45, 7) is 7.10. The molecule has 6 heteroatoms. The van der Waals surface area contributed by atoms with Gasteiger partial charge in [0.2, 0.25) is 0 Å². The average Bonchev–Trinajstić information content (AvgIpc) is 2.96. The Morgan fingerprint density at radius 2 is 1.77 bits per heavy atom. The molecule has 0 spiro atoms. The third-order valence-electron chi connectivity index (χ3n) is 7.74. The van der Waals surface area contributed by atoms with Gasteiger partial charge in [-0.2, -0.15) is 0 Å². The first-order valence-corrected chi connectivity index (χ1v) is 13.8. The lowest BCUT2D eigenvalue weighted by Gasteiger charge is -2.36. The van der Waals surface area contributed by atoms with Crippen LogP contribution >= 0.6 is 0 Å². The third-order valence-corrected chi connectivity index (χ3v) is 7.74. The molecule has 1 aromatic heterocycles. The van der Waals surface area contributed by atoms with E-state index in [1.807, 2.05) is 36.4 Å². The van der Waals surface area contributed by atoms with Gasteiger partial charge in [0, 0.05) is 25.2 Å². The molecule has 2 heterocycles. The van der Waals surface area contributed by atoms with Gasteiger partial charge in [0.05, 0.1) is 24.7 Å². The highest BCUT2D eigenvalue weighted by molar-refractivity contribution is 5.82. The number of benzene rings is 3. The van der Waals surface area contributed by atoms with E-state index in [0.717, 1.165) is 49.7 Å². The van der Waals surface area contributed by atoms with Crippen molar-refractivity contribution in [3.8, 4) is 22.6 Å². The van der Waals surface area contributed by atoms with E-state index < -0.39 is 0 Å². The fourth-order valence-electron chi connectivity index (χ4n) is 5.44. The maximum absolute atomic E-state index is 13.1. The highest BCUT2D eigenvalue weighted by Crippen LogP contribution is 2.25. The van der Waals surface area contributed by atoms with Crippen LogP contribution in [0.5, 0.6) is 11.5 Å². The maximum Gasteiger partial charge on any atom is 0.200 e. The van der Waals surface area contributed by atoms with Crippen molar-refractivity contribution < 1.29 is 13.9 Å². The van der Waals surface area contributed by atoms with Crippen molar-refractivity contribution in [1.82, 2.24) is 9.80 Å². The van der Waals surface area contributed by atoms with Gasteiger partial charge in [-0.3, -0.25) is 9.69 Å². The lowest BCUT2D eigenvalue weighted by molar-refractivity contribution is 0.118. The quantitative estimate of drug-likeness (QED) is 0.231. The van der Waals surface area contributed by atoms with Gasteiger partial charge in [-0.15, -0.1) is 0 Å². The van der Waals surface area contributed by atoms with Gasteiger partial charge in [0.1, 0.15) is 23.3 Å². The molecular formula is C33H38N2O4. The first-order valence-electron chi connectivity index (χ1n) is 13.8. The van der Waals surface area contributed by atoms with Crippen LogP contribution < -0.4 is 14.9 Å². The number of hydrogen-bond donors (Lipinski definition) is 0. The zero-order chi connectivity index (χ0) is 27.2. The van der Waals surface area contributed by atoms with Crippen molar-refractivity contribution in [2.75, 3.05) is 40.4 Å². The standard InChI is InChI=1S/C33H38N2O4/c1-24-6-4-7-25(20-24)22-35-17-14-27(15-18-35)34(2)16-5-19-38-29-12-13-30-32(21-29)39-23-31(33(30)36)26-8-10-28(37-3)11-9-26/h4,6-13,20-21,23,27H,5,14-19,22H2,1-3H3. The Hall–Kier alpha value is -3.61. The van der Waals surface area contributed by atoms with Gasteiger partial charge >= 0.3 is 0 Å². The van der Waals surface area contributed by atoms with E-state index in [9.17, 15) is 4.79 Å². The summed E-state index contributed by atoms with van der Waals surface area (Å²) in [6.07, 6.45) is 4.87. The van der Waals surface area contributed by atoms with Gasteiger partial charge in [-0.25, -0.2) is 0 Å². The first kappa shape index (κ1) is 27.0. The van der Waals surface area contributed by atoms with E-state index in [-0.39, 0.29) is 5.43 Å². The third kappa shape index (κ3) is 6.70. The number of likely N-dealkylation sites (tertiary alicyclic amines) is 1. The smallest absolute Gasteiger partial charge is 0.200 e. The van der Waals surface area contributed by atoms with Crippen LogP contribution in [0, 0.1) is 6.92 Å². The van der Waals surface area contributed by atoms with Crippen molar-refractivity contribution in [3.63, 3.8) is 0 Å². The van der Waals surface area contributed by atoms with Crippen molar-refractivity contribution in [2.24, 2.45) is 0 Å². The molecule has 0 N–H and O–H groups in total. The number of piperidine rings is 1. The number of methoxy groups -OCH3 is 1. The van der Waals surface area contributed by atoms with Gasteiger partial charge in [-0.1, -0.05) is 42.0 Å². The normalized spacial score (nSPS) is 14.7.